The summed E-state index contributed by atoms with van der Waals surface area (Å²) in [4.78, 5) is 44.1. The number of amides is 3. The van der Waals surface area contributed by atoms with E-state index in [2.05, 4.69) is 22.3 Å². The van der Waals surface area contributed by atoms with E-state index in [9.17, 15) is 14.4 Å². The zero-order chi connectivity index (χ0) is 25.8. The summed E-state index contributed by atoms with van der Waals surface area (Å²) in [5.41, 5.74) is 3.23. The summed E-state index contributed by atoms with van der Waals surface area (Å²) in [7, 11) is 0. The molecular weight excluding hydrogens is 488 g/mol. The first-order valence-electron chi connectivity index (χ1n) is 12.3. The van der Waals surface area contributed by atoms with E-state index >= 15 is 0 Å². The minimum Gasteiger partial charge on any atom is -0.368 e. The number of imide groups is 1. The van der Waals surface area contributed by atoms with Crippen molar-refractivity contribution in [3.05, 3.63) is 107 Å². The highest BCUT2D eigenvalue weighted by Gasteiger charge is 2.37. The Hall–Kier alpha value is -4.10. The van der Waals surface area contributed by atoms with Crippen molar-refractivity contribution in [2.24, 2.45) is 0 Å². The lowest BCUT2D eigenvalue weighted by Gasteiger charge is -2.36. The number of hydrogen-bond acceptors (Lipinski definition) is 5. The number of anilines is 2. The van der Waals surface area contributed by atoms with Gasteiger partial charge in [-0.05, 0) is 42.3 Å². The van der Waals surface area contributed by atoms with Crippen LogP contribution in [0.25, 0.3) is 0 Å². The topological polar surface area (TPSA) is 73.0 Å². The van der Waals surface area contributed by atoms with Gasteiger partial charge in [0.25, 0.3) is 17.7 Å². The van der Waals surface area contributed by atoms with Crippen LogP contribution in [-0.2, 0) is 16.0 Å². The molecule has 3 aromatic carbocycles. The van der Waals surface area contributed by atoms with Gasteiger partial charge in [0.15, 0.2) is 0 Å². The molecule has 0 bridgehead atoms. The van der Waals surface area contributed by atoms with Gasteiger partial charge in [0.1, 0.15) is 10.7 Å². The Balaban J connectivity index is 1.22. The van der Waals surface area contributed by atoms with Crippen molar-refractivity contribution in [1.29, 1.82) is 0 Å². The van der Waals surface area contributed by atoms with Crippen molar-refractivity contribution in [2.45, 2.75) is 6.42 Å². The van der Waals surface area contributed by atoms with Crippen LogP contribution in [0.4, 0.5) is 11.4 Å². The second-order valence-corrected chi connectivity index (χ2v) is 9.39. The fourth-order valence-electron chi connectivity index (χ4n) is 4.61. The molecule has 0 saturated carbocycles. The molecule has 2 heterocycles. The van der Waals surface area contributed by atoms with Crippen molar-refractivity contribution in [1.82, 2.24) is 9.80 Å². The molecule has 0 spiro atoms. The van der Waals surface area contributed by atoms with Crippen LogP contribution in [-0.4, -0.2) is 60.2 Å². The van der Waals surface area contributed by atoms with Crippen LogP contribution in [0, 0.1) is 0 Å². The summed E-state index contributed by atoms with van der Waals surface area (Å²) < 4.78 is 0. The van der Waals surface area contributed by atoms with Gasteiger partial charge in [0, 0.05) is 49.7 Å². The summed E-state index contributed by atoms with van der Waals surface area (Å²) in [6, 6.07) is 26.7. The van der Waals surface area contributed by atoms with E-state index in [0.29, 0.717) is 30.8 Å². The maximum Gasteiger partial charge on any atom is 0.278 e. The first-order chi connectivity index (χ1) is 18.0. The number of nitrogens with zero attached hydrogens (tertiary/aromatic N) is 3. The largest absolute Gasteiger partial charge is 0.368 e. The predicted octanol–water partition coefficient (Wildman–Crippen LogP) is 4.12. The fraction of sp³-hybridized carbons (Fsp3) is 0.207. The standard InChI is InChI=1S/C29H27ClN4O3/c30-25-26(29(37)34(28(25)36)15-14-21-8-3-1-4-9-21)31-23-11-7-10-22(20-23)27(35)33-18-16-32(17-19-33)24-12-5-2-6-13-24/h1-13,20,31H,14-19H2. The predicted molar refractivity (Wildman–Crippen MR) is 144 cm³/mol. The van der Waals surface area contributed by atoms with Crippen LogP contribution in [0.15, 0.2) is 95.7 Å². The van der Waals surface area contributed by atoms with Gasteiger partial charge in [0.2, 0.25) is 0 Å². The lowest BCUT2D eigenvalue weighted by molar-refractivity contribution is -0.137. The lowest BCUT2D eigenvalue weighted by atomic mass is 10.1. The van der Waals surface area contributed by atoms with Crippen molar-refractivity contribution >= 4 is 40.7 Å². The Morgan fingerprint density at radius 1 is 0.811 bits per heavy atom. The maximum atomic E-state index is 13.2. The van der Waals surface area contributed by atoms with Crippen molar-refractivity contribution in [2.75, 3.05) is 42.9 Å². The summed E-state index contributed by atoms with van der Waals surface area (Å²) >= 11 is 6.26. The monoisotopic (exact) mass is 514 g/mol. The van der Waals surface area contributed by atoms with Crippen LogP contribution in [0.2, 0.25) is 0 Å². The minimum atomic E-state index is -0.520. The third-order valence-corrected chi connectivity index (χ3v) is 7.00. The Morgan fingerprint density at radius 3 is 2.19 bits per heavy atom. The van der Waals surface area contributed by atoms with Gasteiger partial charge < -0.3 is 15.1 Å². The Labute approximate surface area is 220 Å². The molecule has 8 heteroatoms. The average molecular weight is 515 g/mol. The van der Waals surface area contributed by atoms with Gasteiger partial charge in [0.05, 0.1) is 0 Å². The van der Waals surface area contributed by atoms with Gasteiger partial charge in [-0.2, -0.15) is 0 Å². The van der Waals surface area contributed by atoms with E-state index in [-0.39, 0.29) is 23.2 Å². The van der Waals surface area contributed by atoms with Gasteiger partial charge in [-0.25, -0.2) is 0 Å². The molecule has 0 atom stereocenters. The van der Waals surface area contributed by atoms with Crippen LogP contribution in [0.1, 0.15) is 15.9 Å². The molecule has 1 saturated heterocycles. The molecular formula is C29H27ClN4O3. The highest BCUT2D eigenvalue weighted by molar-refractivity contribution is 6.48. The second kappa shape index (κ2) is 10.9. The zero-order valence-electron chi connectivity index (χ0n) is 20.3. The van der Waals surface area contributed by atoms with E-state index in [0.717, 1.165) is 29.2 Å². The molecule has 3 amide bonds. The first-order valence-corrected chi connectivity index (χ1v) is 12.7. The molecule has 2 aliphatic rings. The van der Waals surface area contributed by atoms with Crippen LogP contribution in [0.5, 0.6) is 0 Å². The Morgan fingerprint density at radius 2 is 1.49 bits per heavy atom. The van der Waals surface area contributed by atoms with Crippen molar-refractivity contribution in [3.63, 3.8) is 0 Å². The number of rotatable bonds is 7. The quantitative estimate of drug-likeness (QED) is 0.480. The third kappa shape index (κ3) is 5.37. The van der Waals surface area contributed by atoms with Gasteiger partial charge in [-0.3, -0.25) is 19.3 Å². The van der Waals surface area contributed by atoms with Crippen LogP contribution < -0.4 is 10.2 Å². The zero-order valence-corrected chi connectivity index (χ0v) is 21.0. The highest BCUT2D eigenvalue weighted by Crippen LogP contribution is 2.26. The van der Waals surface area contributed by atoms with Gasteiger partial charge >= 0.3 is 0 Å². The van der Waals surface area contributed by atoms with Crippen LogP contribution >= 0.6 is 11.6 Å². The van der Waals surface area contributed by atoms with Crippen LogP contribution in [0.3, 0.4) is 0 Å². The first kappa shape index (κ1) is 24.6. The van der Waals surface area contributed by atoms with E-state index in [1.165, 1.54) is 0 Å². The number of benzene rings is 3. The van der Waals surface area contributed by atoms with Gasteiger partial charge in [-0.1, -0.05) is 66.2 Å². The molecule has 1 fully saturated rings. The number of para-hydroxylation sites is 1. The summed E-state index contributed by atoms with van der Waals surface area (Å²) in [5.74, 6) is -1.07. The number of carbonyl (C=O) groups is 3. The molecule has 0 aromatic heterocycles. The molecule has 0 unspecified atom stereocenters. The van der Waals surface area contributed by atoms with E-state index in [1.54, 1.807) is 24.3 Å². The molecule has 37 heavy (non-hydrogen) atoms. The van der Waals surface area contributed by atoms with Gasteiger partial charge in [-0.15, -0.1) is 0 Å². The number of piperazine rings is 1. The number of hydrogen-bond donors (Lipinski definition) is 1. The normalized spacial score (nSPS) is 16.0. The summed E-state index contributed by atoms with van der Waals surface area (Å²) in [6.07, 6.45) is 0.539. The van der Waals surface area contributed by atoms with E-state index in [4.69, 9.17) is 11.6 Å². The average Bonchev–Trinajstić information content (AvgIpc) is 3.15. The third-order valence-electron chi connectivity index (χ3n) is 6.65. The minimum absolute atomic E-state index is 0.0285. The number of halogens is 1. The molecule has 7 nitrogen and oxygen atoms in total. The molecule has 2 aliphatic heterocycles. The van der Waals surface area contributed by atoms with E-state index in [1.807, 2.05) is 53.4 Å². The van der Waals surface area contributed by atoms with Crippen molar-refractivity contribution in [3.8, 4) is 0 Å². The Bertz CT molecular complexity index is 1340. The number of carbonyl (C=O) groups excluding carboxylic acids is 3. The summed E-state index contributed by atoms with van der Waals surface area (Å²) in [5, 5.41) is 2.84. The van der Waals surface area contributed by atoms with Crippen molar-refractivity contribution < 1.29 is 14.4 Å². The maximum absolute atomic E-state index is 13.2. The van der Waals surface area contributed by atoms with E-state index < -0.39 is 11.8 Å². The highest BCUT2D eigenvalue weighted by atomic mass is 35.5. The smallest absolute Gasteiger partial charge is 0.278 e. The number of nitrogens with one attached hydrogen (secondary N) is 1. The molecule has 3 aromatic rings. The molecule has 0 aliphatic carbocycles. The second-order valence-electron chi connectivity index (χ2n) is 9.01. The Kier molecular flexibility index (Phi) is 7.23. The molecule has 1 N–H and O–H groups in total. The molecule has 188 valence electrons. The molecule has 0 radical (unpaired) electrons. The SMILES string of the molecule is O=C(c1cccc(NC2=C(Cl)C(=O)N(CCc3ccccc3)C2=O)c1)N1CCN(c2ccccc2)CC1. The lowest BCUT2D eigenvalue weighted by Crippen LogP contribution is -2.48. The summed E-state index contributed by atoms with van der Waals surface area (Å²) in [6.45, 7) is 2.98. The fourth-order valence-corrected chi connectivity index (χ4v) is 4.84. The molecule has 5 rings (SSSR count).